The summed E-state index contributed by atoms with van der Waals surface area (Å²) < 4.78 is 1.14. The molecule has 1 unspecified atom stereocenters. The number of hydrogen-bond donors (Lipinski definition) is 1. The van der Waals surface area contributed by atoms with Crippen molar-refractivity contribution in [2.75, 3.05) is 13.6 Å². The zero-order valence-corrected chi connectivity index (χ0v) is 12.9. The van der Waals surface area contributed by atoms with Crippen LogP contribution in [0.4, 0.5) is 0 Å². The Hall–Kier alpha value is -1.12. The Bertz CT molecular complexity index is 478. The summed E-state index contributed by atoms with van der Waals surface area (Å²) in [6.45, 7) is 1.05. The average Bonchev–Trinajstić information content (AvgIpc) is 2.43. The lowest BCUT2D eigenvalue weighted by atomic mass is 9.92. The molecule has 100 valence electrons. The maximum absolute atomic E-state index is 3.48. The summed E-state index contributed by atoms with van der Waals surface area (Å²) in [5.74, 6) is 0.633. The molecular formula is C17H20BrN. The smallest absolute Gasteiger partial charge is 0.0175 e. The minimum Gasteiger partial charge on any atom is -0.319 e. The fourth-order valence-electron chi connectivity index (χ4n) is 2.41. The zero-order chi connectivity index (χ0) is 13.5. The van der Waals surface area contributed by atoms with Gasteiger partial charge in [0.15, 0.2) is 0 Å². The average molecular weight is 318 g/mol. The summed E-state index contributed by atoms with van der Waals surface area (Å²) in [5, 5.41) is 3.31. The van der Waals surface area contributed by atoms with E-state index >= 15 is 0 Å². The van der Waals surface area contributed by atoms with E-state index in [0.717, 1.165) is 23.9 Å². The van der Waals surface area contributed by atoms with Crippen molar-refractivity contribution < 1.29 is 0 Å². The molecule has 0 saturated heterocycles. The third-order valence-corrected chi connectivity index (χ3v) is 3.83. The highest BCUT2D eigenvalue weighted by atomic mass is 79.9. The molecule has 0 fully saturated rings. The largest absolute Gasteiger partial charge is 0.319 e. The monoisotopic (exact) mass is 317 g/mol. The SMILES string of the molecule is CNCC(Cc1ccccc1)Cc1ccc(Br)cc1. The summed E-state index contributed by atoms with van der Waals surface area (Å²) in [6.07, 6.45) is 2.24. The molecule has 2 heteroatoms. The first-order chi connectivity index (χ1) is 9.28. The number of hydrogen-bond acceptors (Lipinski definition) is 1. The third kappa shape index (κ3) is 4.81. The van der Waals surface area contributed by atoms with Crippen molar-refractivity contribution in [3.8, 4) is 0 Å². The first-order valence-corrected chi connectivity index (χ1v) is 7.50. The van der Waals surface area contributed by atoms with E-state index in [9.17, 15) is 0 Å². The molecule has 0 heterocycles. The van der Waals surface area contributed by atoms with Crippen molar-refractivity contribution in [1.82, 2.24) is 5.32 Å². The van der Waals surface area contributed by atoms with Crippen molar-refractivity contribution in [1.29, 1.82) is 0 Å². The number of halogens is 1. The zero-order valence-electron chi connectivity index (χ0n) is 11.3. The Kier molecular flexibility index (Phi) is 5.62. The molecule has 2 rings (SSSR count). The maximum Gasteiger partial charge on any atom is 0.0175 e. The normalized spacial score (nSPS) is 12.3. The van der Waals surface area contributed by atoms with Crippen LogP contribution in [0.5, 0.6) is 0 Å². The first-order valence-electron chi connectivity index (χ1n) is 6.71. The van der Waals surface area contributed by atoms with Gasteiger partial charge in [-0.1, -0.05) is 58.4 Å². The Morgan fingerprint density at radius 2 is 1.47 bits per heavy atom. The van der Waals surface area contributed by atoms with E-state index in [1.807, 2.05) is 7.05 Å². The van der Waals surface area contributed by atoms with Gasteiger partial charge in [0.25, 0.3) is 0 Å². The molecule has 2 aromatic rings. The van der Waals surface area contributed by atoms with E-state index in [-0.39, 0.29) is 0 Å². The number of benzene rings is 2. The lowest BCUT2D eigenvalue weighted by Gasteiger charge is -2.17. The van der Waals surface area contributed by atoms with Crippen molar-refractivity contribution in [2.24, 2.45) is 5.92 Å². The van der Waals surface area contributed by atoms with E-state index in [1.165, 1.54) is 11.1 Å². The molecular weight excluding hydrogens is 298 g/mol. The second-order valence-corrected chi connectivity index (χ2v) is 5.86. The van der Waals surface area contributed by atoms with Gasteiger partial charge in [-0.05, 0) is 55.6 Å². The van der Waals surface area contributed by atoms with Crippen LogP contribution in [0.15, 0.2) is 59.1 Å². The molecule has 0 spiro atoms. The van der Waals surface area contributed by atoms with Crippen molar-refractivity contribution in [3.63, 3.8) is 0 Å². The van der Waals surface area contributed by atoms with Crippen molar-refractivity contribution >= 4 is 15.9 Å². The number of nitrogens with one attached hydrogen (secondary N) is 1. The van der Waals surface area contributed by atoms with E-state index in [4.69, 9.17) is 0 Å². The molecule has 0 aromatic heterocycles. The summed E-state index contributed by atoms with van der Waals surface area (Å²) in [5.41, 5.74) is 2.82. The molecule has 2 aromatic carbocycles. The molecule has 0 aliphatic heterocycles. The van der Waals surface area contributed by atoms with E-state index in [2.05, 4.69) is 75.8 Å². The van der Waals surface area contributed by atoms with Crippen LogP contribution < -0.4 is 5.32 Å². The highest BCUT2D eigenvalue weighted by molar-refractivity contribution is 9.10. The molecule has 1 atom stereocenters. The van der Waals surface area contributed by atoms with Crippen LogP contribution in [0.1, 0.15) is 11.1 Å². The van der Waals surface area contributed by atoms with Crippen molar-refractivity contribution in [2.45, 2.75) is 12.8 Å². The van der Waals surface area contributed by atoms with Gasteiger partial charge in [0, 0.05) is 4.47 Å². The maximum atomic E-state index is 3.48. The van der Waals surface area contributed by atoms with Gasteiger partial charge in [0.05, 0.1) is 0 Å². The van der Waals surface area contributed by atoms with Gasteiger partial charge in [0.2, 0.25) is 0 Å². The molecule has 0 aliphatic carbocycles. The minimum atomic E-state index is 0.633. The molecule has 0 saturated carbocycles. The van der Waals surface area contributed by atoms with E-state index in [0.29, 0.717) is 5.92 Å². The van der Waals surface area contributed by atoms with Gasteiger partial charge in [-0.3, -0.25) is 0 Å². The van der Waals surface area contributed by atoms with Crippen LogP contribution in [-0.4, -0.2) is 13.6 Å². The van der Waals surface area contributed by atoms with Gasteiger partial charge < -0.3 is 5.32 Å². The van der Waals surface area contributed by atoms with Crippen LogP contribution in [0.2, 0.25) is 0 Å². The molecule has 0 bridgehead atoms. The Morgan fingerprint density at radius 1 is 0.895 bits per heavy atom. The summed E-state index contributed by atoms with van der Waals surface area (Å²) >= 11 is 3.48. The lowest BCUT2D eigenvalue weighted by Crippen LogP contribution is -2.22. The molecule has 19 heavy (non-hydrogen) atoms. The predicted molar refractivity (Wildman–Crippen MR) is 85.4 cm³/mol. The Balaban J connectivity index is 2.01. The fraction of sp³-hybridized carbons (Fsp3) is 0.294. The third-order valence-electron chi connectivity index (χ3n) is 3.30. The molecule has 0 aliphatic rings. The molecule has 1 nitrogen and oxygen atoms in total. The highest BCUT2D eigenvalue weighted by Crippen LogP contribution is 2.17. The summed E-state index contributed by atoms with van der Waals surface area (Å²) in [7, 11) is 2.03. The van der Waals surface area contributed by atoms with E-state index in [1.54, 1.807) is 0 Å². The lowest BCUT2D eigenvalue weighted by molar-refractivity contribution is 0.493. The number of rotatable bonds is 6. The topological polar surface area (TPSA) is 12.0 Å². The van der Waals surface area contributed by atoms with Crippen LogP contribution in [-0.2, 0) is 12.8 Å². The minimum absolute atomic E-state index is 0.633. The quantitative estimate of drug-likeness (QED) is 0.846. The van der Waals surface area contributed by atoms with Crippen LogP contribution >= 0.6 is 15.9 Å². The molecule has 1 N–H and O–H groups in total. The highest BCUT2D eigenvalue weighted by Gasteiger charge is 2.10. The van der Waals surface area contributed by atoms with Crippen LogP contribution in [0, 0.1) is 5.92 Å². The fourth-order valence-corrected chi connectivity index (χ4v) is 2.67. The summed E-state index contributed by atoms with van der Waals surface area (Å²) in [6, 6.07) is 19.4. The second-order valence-electron chi connectivity index (χ2n) is 4.94. The van der Waals surface area contributed by atoms with Crippen LogP contribution in [0.25, 0.3) is 0 Å². The molecule has 0 amide bonds. The van der Waals surface area contributed by atoms with Gasteiger partial charge in [-0.2, -0.15) is 0 Å². The predicted octanol–water partition coefficient (Wildman–Crippen LogP) is 4.07. The van der Waals surface area contributed by atoms with Gasteiger partial charge in [-0.15, -0.1) is 0 Å². The van der Waals surface area contributed by atoms with Gasteiger partial charge in [-0.25, -0.2) is 0 Å². The Morgan fingerprint density at radius 3 is 2.05 bits per heavy atom. The van der Waals surface area contributed by atoms with Gasteiger partial charge in [0.1, 0.15) is 0 Å². The van der Waals surface area contributed by atoms with Gasteiger partial charge >= 0.3 is 0 Å². The van der Waals surface area contributed by atoms with Crippen LogP contribution in [0.3, 0.4) is 0 Å². The molecule has 0 radical (unpaired) electrons. The van der Waals surface area contributed by atoms with E-state index < -0.39 is 0 Å². The second kappa shape index (κ2) is 7.46. The Labute approximate surface area is 124 Å². The summed E-state index contributed by atoms with van der Waals surface area (Å²) in [4.78, 5) is 0. The van der Waals surface area contributed by atoms with Crippen molar-refractivity contribution in [3.05, 3.63) is 70.2 Å². The first kappa shape index (κ1) is 14.3. The standard InChI is InChI=1S/C17H20BrN/c1-19-13-16(11-14-5-3-2-4-6-14)12-15-7-9-17(18)10-8-15/h2-10,16,19H,11-13H2,1H3.